The summed E-state index contributed by atoms with van der Waals surface area (Å²) in [5.41, 5.74) is 1.23. The lowest BCUT2D eigenvalue weighted by Crippen LogP contribution is -2.44. The topological polar surface area (TPSA) is 78.6 Å². The fraction of sp³-hybridized carbons (Fsp3) is 0.438. The Morgan fingerprint density at radius 3 is 3.00 bits per heavy atom. The van der Waals surface area contributed by atoms with Gasteiger partial charge in [-0.15, -0.1) is 0 Å². The lowest BCUT2D eigenvalue weighted by Gasteiger charge is -2.21. The van der Waals surface area contributed by atoms with Gasteiger partial charge >= 0.3 is 0 Å². The Labute approximate surface area is 149 Å². The first-order valence-corrected chi connectivity index (χ1v) is 8.71. The van der Waals surface area contributed by atoms with Gasteiger partial charge in [-0.05, 0) is 41.4 Å². The zero-order chi connectivity index (χ0) is 16.9. The van der Waals surface area contributed by atoms with Crippen molar-refractivity contribution in [2.24, 2.45) is 4.99 Å². The number of nitrogens with zero attached hydrogens (tertiary/aromatic N) is 4. The summed E-state index contributed by atoms with van der Waals surface area (Å²) in [5.74, 6) is 1.93. The highest BCUT2D eigenvalue weighted by molar-refractivity contribution is 9.10. The number of benzene rings is 1. The first-order valence-electron chi connectivity index (χ1n) is 7.91. The highest BCUT2D eigenvalue weighted by Gasteiger charge is 2.24. The van der Waals surface area contributed by atoms with E-state index in [-0.39, 0.29) is 0 Å². The molecule has 0 saturated carbocycles. The van der Waals surface area contributed by atoms with E-state index in [2.05, 4.69) is 64.8 Å². The summed E-state index contributed by atoms with van der Waals surface area (Å²) in [5, 5.41) is 10.4. The minimum atomic E-state index is 0.340. The van der Waals surface area contributed by atoms with E-state index >= 15 is 0 Å². The average Bonchev–Trinajstić information content (AvgIpc) is 3.21. The predicted octanol–water partition coefficient (Wildman–Crippen LogP) is 2.08. The summed E-state index contributed by atoms with van der Waals surface area (Å²) < 4.78 is 6.22. The predicted molar refractivity (Wildman–Crippen MR) is 97.1 cm³/mol. The molecule has 7 nitrogen and oxygen atoms in total. The molecule has 128 valence electrons. The summed E-state index contributed by atoms with van der Waals surface area (Å²) >= 11 is 3.62. The molecule has 2 aromatic rings. The van der Waals surface area contributed by atoms with Gasteiger partial charge in [0.15, 0.2) is 11.8 Å². The molecule has 0 bridgehead atoms. The molecule has 8 heteroatoms. The zero-order valence-electron chi connectivity index (χ0n) is 13.8. The number of nitrogens with one attached hydrogen (secondary N) is 2. The Balaban J connectivity index is 1.53. The van der Waals surface area contributed by atoms with Crippen LogP contribution < -0.4 is 15.5 Å². The number of aryl methyl sites for hydroxylation is 1. The molecule has 1 aromatic heterocycles. The molecule has 2 heterocycles. The van der Waals surface area contributed by atoms with Gasteiger partial charge in [0.1, 0.15) is 0 Å². The Morgan fingerprint density at radius 1 is 1.46 bits per heavy atom. The van der Waals surface area contributed by atoms with Crippen LogP contribution in [0, 0.1) is 6.92 Å². The van der Waals surface area contributed by atoms with Crippen LogP contribution in [0.25, 0.3) is 0 Å². The third-order valence-electron chi connectivity index (χ3n) is 3.92. The minimum Gasteiger partial charge on any atom is -0.368 e. The summed E-state index contributed by atoms with van der Waals surface area (Å²) in [7, 11) is 1.76. The molecule has 1 aromatic carbocycles. The monoisotopic (exact) mass is 392 g/mol. The molecule has 1 aliphatic heterocycles. The van der Waals surface area contributed by atoms with Crippen LogP contribution in [0.4, 0.5) is 5.69 Å². The van der Waals surface area contributed by atoms with E-state index in [0.29, 0.717) is 24.3 Å². The minimum absolute atomic E-state index is 0.340. The van der Waals surface area contributed by atoms with Gasteiger partial charge in [0, 0.05) is 30.7 Å². The maximum Gasteiger partial charge on any atom is 0.246 e. The van der Waals surface area contributed by atoms with Gasteiger partial charge in [0.2, 0.25) is 5.89 Å². The number of rotatable bonds is 4. The third-order valence-corrected chi connectivity index (χ3v) is 4.59. The number of guanidine groups is 1. The largest absolute Gasteiger partial charge is 0.368 e. The fourth-order valence-corrected chi connectivity index (χ4v) is 3.30. The number of halogens is 1. The highest BCUT2D eigenvalue weighted by atomic mass is 79.9. The lowest BCUT2D eigenvalue weighted by atomic mass is 10.3. The first kappa shape index (κ1) is 16.8. The molecule has 1 aliphatic rings. The molecule has 0 radical (unpaired) electrons. The van der Waals surface area contributed by atoms with Gasteiger partial charge in [0.05, 0.1) is 12.2 Å². The van der Waals surface area contributed by atoms with Gasteiger partial charge in [-0.1, -0.05) is 17.3 Å². The van der Waals surface area contributed by atoms with Gasteiger partial charge in [0.25, 0.3) is 0 Å². The van der Waals surface area contributed by atoms with Crippen molar-refractivity contribution in [3.05, 3.63) is 40.5 Å². The van der Waals surface area contributed by atoms with E-state index < -0.39 is 0 Å². The molecule has 1 atom stereocenters. The van der Waals surface area contributed by atoms with Crippen molar-refractivity contribution in [3.8, 4) is 0 Å². The Morgan fingerprint density at radius 2 is 2.29 bits per heavy atom. The Bertz CT molecular complexity index is 716. The molecule has 1 fully saturated rings. The zero-order valence-corrected chi connectivity index (χ0v) is 15.4. The van der Waals surface area contributed by atoms with Crippen molar-refractivity contribution in [1.29, 1.82) is 0 Å². The standard InChI is InChI=1S/C16H21BrN6O/c1-11-20-15(24-22-11)9-19-16(18-2)21-12-7-8-23(10-12)14-6-4-3-5-13(14)17/h3-6,12H,7-10H2,1-2H3,(H2,18,19,21). The second-order valence-corrected chi connectivity index (χ2v) is 6.54. The van der Waals surface area contributed by atoms with E-state index in [1.54, 1.807) is 14.0 Å². The number of hydrogen-bond acceptors (Lipinski definition) is 5. The Hall–Kier alpha value is -2.09. The van der Waals surface area contributed by atoms with Crippen LogP contribution in [0.2, 0.25) is 0 Å². The molecule has 0 spiro atoms. The van der Waals surface area contributed by atoms with Crippen molar-refractivity contribution in [1.82, 2.24) is 20.8 Å². The third kappa shape index (κ3) is 4.05. The quantitative estimate of drug-likeness (QED) is 0.612. The first-order chi connectivity index (χ1) is 11.7. The van der Waals surface area contributed by atoms with Gasteiger partial charge in [-0.3, -0.25) is 4.99 Å². The van der Waals surface area contributed by atoms with Crippen molar-refractivity contribution in [2.75, 3.05) is 25.0 Å². The summed E-state index contributed by atoms with van der Waals surface area (Å²) in [6, 6.07) is 8.64. The maximum absolute atomic E-state index is 5.10. The lowest BCUT2D eigenvalue weighted by molar-refractivity contribution is 0.371. The second kappa shape index (κ2) is 7.65. The number of hydrogen-bond donors (Lipinski definition) is 2. The van der Waals surface area contributed by atoms with Gasteiger partial charge in [-0.2, -0.15) is 4.98 Å². The molecule has 2 N–H and O–H groups in total. The molecule has 3 rings (SSSR count). The fourth-order valence-electron chi connectivity index (χ4n) is 2.76. The van der Waals surface area contributed by atoms with E-state index in [9.17, 15) is 0 Å². The molecule has 24 heavy (non-hydrogen) atoms. The van der Waals surface area contributed by atoms with Crippen LogP contribution in [0.5, 0.6) is 0 Å². The van der Waals surface area contributed by atoms with Crippen molar-refractivity contribution < 1.29 is 4.52 Å². The average molecular weight is 393 g/mol. The highest BCUT2D eigenvalue weighted by Crippen LogP contribution is 2.28. The van der Waals surface area contributed by atoms with Crippen LogP contribution in [-0.2, 0) is 6.54 Å². The van der Waals surface area contributed by atoms with Crippen LogP contribution in [0.15, 0.2) is 38.3 Å². The molecule has 1 unspecified atom stereocenters. The summed E-state index contributed by atoms with van der Waals surface area (Å²) in [4.78, 5) is 10.8. The number of anilines is 1. The maximum atomic E-state index is 5.10. The SMILES string of the molecule is CN=C(NCc1nc(C)no1)NC1CCN(c2ccccc2Br)C1. The van der Waals surface area contributed by atoms with E-state index in [0.717, 1.165) is 29.9 Å². The molecule has 0 aliphatic carbocycles. The normalized spacial score (nSPS) is 18.0. The molecule has 0 amide bonds. The molecular formula is C16H21BrN6O. The summed E-state index contributed by atoms with van der Waals surface area (Å²) in [6.07, 6.45) is 1.06. The van der Waals surface area contributed by atoms with Gasteiger partial charge < -0.3 is 20.1 Å². The second-order valence-electron chi connectivity index (χ2n) is 5.69. The van der Waals surface area contributed by atoms with Crippen molar-refractivity contribution in [3.63, 3.8) is 0 Å². The molecular weight excluding hydrogens is 372 g/mol. The van der Waals surface area contributed by atoms with Crippen molar-refractivity contribution >= 4 is 27.6 Å². The van der Waals surface area contributed by atoms with E-state index in [1.165, 1.54) is 5.69 Å². The van der Waals surface area contributed by atoms with Crippen LogP contribution in [0.1, 0.15) is 18.1 Å². The molecule has 1 saturated heterocycles. The number of aromatic nitrogens is 2. The van der Waals surface area contributed by atoms with Crippen molar-refractivity contribution in [2.45, 2.75) is 25.9 Å². The van der Waals surface area contributed by atoms with Gasteiger partial charge in [-0.25, -0.2) is 0 Å². The number of aliphatic imine (C=N–C) groups is 1. The smallest absolute Gasteiger partial charge is 0.246 e. The van der Waals surface area contributed by atoms with Crippen LogP contribution >= 0.6 is 15.9 Å². The van der Waals surface area contributed by atoms with Crippen LogP contribution in [-0.4, -0.2) is 42.3 Å². The summed E-state index contributed by atoms with van der Waals surface area (Å²) in [6.45, 7) is 4.21. The van der Waals surface area contributed by atoms with E-state index in [1.807, 2.05) is 6.07 Å². The Kier molecular flexibility index (Phi) is 5.34. The van der Waals surface area contributed by atoms with Crippen LogP contribution in [0.3, 0.4) is 0 Å². The van der Waals surface area contributed by atoms with E-state index in [4.69, 9.17) is 4.52 Å². The number of para-hydroxylation sites is 1.